The van der Waals surface area contributed by atoms with Gasteiger partial charge in [-0.1, -0.05) is 281 Å². The van der Waals surface area contributed by atoms with Crippen molar-refractivity contribution in [3.8, 4) is 0 Å². The predicted octanol–water partition coefficient (Wildman–Crippen LogP) is 22.6. The number of carbonyl (C=O) groups excluding carboxylic acids is 3. The molecule has 0 bridgehead atoms. The van der Waals surface area contributed by atoms with Gasteiger partial charge in [-0.3, -0.25) is 14.4 Å². The summed E-state index contributed by atoms with van der Waals surface area (Å²) in [5.74, 6) is -0.868. The zero-order chi connectivity index (χ0) is 54.3. The van der Waals surface area contributed by atoms with E-state index in [0.717, 1.165) is 70.6 Å². The van der Waals surface area contributed by atoms with Crippen LogP contribution in [0.1, 0.15) is 355 Å². The van der Waals surface area contributed by atoms with Crippen molar-refractivity contribution < 1.29 is 28.6 Å². The zero-order valence-electron chi connectivity index (χ0n) is 50.3. The van der Waals surface area contributed by atoms with Crippen molar-refractivity contribution in [2.75, 3.05) is 13.2 Å². The third kappa shape index (κ3) is 62.1. The summed E-state index contributed by atoms with van der Waals surface area (Å²) < 4.78 is 16.9. The van der Waals surface area contributed by atoms with Crippen LogP contribution in [0.2, 0.25) is 0 Å². The van der Waals surface area contributed by atoms with Crippen molar-refractivity contribution in [3.05, 3.63) is 48.6 Å². The minimum atomic E-state index is -0.778. The van der Waals surface area contributed by atoms with Gasteiger partial charge >= 0.3 is 17.9 Å². The molecular weight excluding hydrogens is 925 g/mol. The molecule has 0 radical (unpaired) electrons. The summed E-state index contributed by atoms with van der Waals surface area (Å²) in [6.07, 6.45) is 79.8. The van der Waals surface area contributed by atoms with Crippen molar-refractivity contribution in [2.45, 2.75) is 361 Å². The number of allylic oxidation sites excluding steroid dienone is 8. The molecule has 75 heavy (non-hydrogen) atoms. The van der Waals surface area contributed by atoms with Crippen LogP contribution < -0.4 is 0 Å². The molecule has 0 fully saturated rings. The highest BCUT2D eigenvalue weighted by molar-refractivity contribution is 5.71. The molecule has 1 unspecified atom stereocenters. The Hall–Kier alpha value is -2.63. The maximum absolute atomic E-state index is 12.9. The molecule has 0 aliphatic carbocycles. The van der Waals surface area contributed by atoms with Gasteiger partial charge < -0.3 is 14.2 Å². The van der Waals surface area contributed by atoms with Gasteiger partial charge in [0.25, 0.3) is 0 Å². The van der Waals surface area contributed by atoms with Crippen molar-refractivity contribution in [2.24, 2.45) is 0 Å². The second-order valence-electron chi connectivity index (χ2n) is 22.4. The number of rotatable bonds is 61. The lowest BCUT2D eigenvalue weighted by Crippen LogP contribution is -2.30. The highest BCUT2D eigenvalue weighted by Crippen LogP contribution is 2.17. The van der Waals surface area contributed by atoms with Crippen LogP contribution >= 0.6 is 0 Å². The monoisotopic (exact) mass is 1050 g/mol. The van der Waals surface area contributed by atoms with Gasteiger partial charge in [0.1, 0.15) is 13.2 Å². The normalized spacial score (nSPS) is 12.3. The average molecular weight is 1050 g/mol. The summed E-state index contributed by atoms with van der Waals surface area (Å²) in [4.78, 5) is 38.3. The lowest BCUT2D eigenvalue weighted by atomic mass is 10.0. The Kier molecular flexibility index (Phi) is 61.7. The van der Waals surface area contributed by atoms with Crippen LogP contribution in [0.3, 0.4) is 0 Å². The summed E-state index contributed by atoms with van der Waals surface area (Å²) >= 11 is 0. The molecule has 438 valence electrons. The van der Waals surface area contributed by atoms with Crippen molar-refractivity contribution in [3.63, 3.8) is 0 Å². The molecule has 0 aliphatic heterocycles. The van der Waals surface area contributed by atoms with Crippen molar-refractivity contribution in [1.29, 1.82) is 0 Å². The molecule has 0 amide bonds. The van der Waals surface area contributed by atoms with Gasteiger partial charge in [0, 0.05) is 19.3 Å². The topological polar surface area (TPSA) is 78.9 Å². The quantitative estimate of drug-likeness (QED) is 0.0261. The van der Waals surface area contributed by atoms with Crippen LogP contribution in [0.4, 0.5) is 0 Å². The second-order valence-corrected chi connectivity index (χ2v) is 22.4. The van der Waals surface area contributed by atoms with E-state index < -0.39 is 6.10 Å². The smallest absolute Gasteiger partial charge is 0.306 e. The molecule has 0 heterocycles. The molecule has 0 N–H and O–H groups in total. The van der Waals surface area contributed by atoms with E-state index in [9.17, 15) is 14.4 Å². The first kappa shape index (κ1) is 72.4. The summed E-state index contributed by atoms with van der Waals surface area (Å²) in [5, 5.41) is 0. The molecule has 0 aromatic rings. The Balaban J connectivity index is 4.26. The molecule has 0 aromatic heterocycles. The fourth-order valence-electron chi connectivity index (χ4n) is 9.76. The molecule has 0 spiro atoms. The fraction of sp³-hybridized carbons (Fsp3) is 0.841. The summed E-state index contributed by atoms with van der Waals surface area (Å²) in [6.45, 7) is 6.64. The lowest BCUT2D eigenvalue weighted by Gasteiger charge is -2.18. The van der Waals surface area contributed by atoms with E-state index >= 15 is 0 Å². The van der Waals surface area contributed by atoms with Crippen LogP contribution in [0.15, 0.2) is 48.6 Å². The maximum Gasteiger partial charge on any atom is 0.306 e. The van der Waals surface area contributed by atoms with Crippen LogP contribution in [0.5, 0.6) is 0 Å². The Labute approximate surface area is 467 Å². The molecule has 6 heteroatoms. The first-order valence-electron chi connectivity index (χ1n) is 33.1. The van der Waals surface area contributed by atoms with Gasteiger partial charge in [0.05, 0.1) is 0 Å². The molecule has 6 nitrogen and oxygen atoms in total. The fourth-order valence-corrected chi connectivity index (χ4v) is 9.76. The Bertz CT molecular complexity index is 1300. The summed E-state index contributed by atoms with van der Waals surface area (Å²) in [6, 6.07) is 0. The maximum atomic E-state index is 12.9. The van der Waals surface area contributed by atoms with Gasteiger partial charge in [0.15, 0.2) is 6.10 Å². The molecule has 0 saturated heterocycles. The van der Waals surface area contributed by atoms with Crippen molar-refractivity contribution in [1.82, 2.24) is 0 Å². The molecule has 1 atom stereocenters. The molecule has 0 rings (SSSR count). The molecule has 0 aromatic carbocycles. The second kappa shape index (κ2) is 63.9. The first-order valence-corrected chi connectivity index (χ1v) is 33.1. The van der Waals surface area contributed by atoms with Crippen molar-refractivity contribution >= 4 is 17.9 Å². The van der Waals surface area contributed by atoms with Gasteiger partial charge in [-0.15, -0.1) is 0 Å². The van der Waals surface area contributed by atoms with E-state index in [0.29, 0.717) is 19.3 Å². The van der Waals surface area contributed by atoms with Crippen LogP contribution in [0, 0.1) is 0 Å². The minimum Gasteiger partial charge on any atom is -0.462 e. The SMILES string of the molecule is CCCCC/C=C\C/C=C\CCCCCCCCCCCC(=O)OC(COC(=O)CCCCCCC/C=C\CCCCCC)COC(=O)CCCCCCCCCCCCCCC/C=C\CCCCCCCCCC. The zero-order valence-corrected chi connectivity index (χ0v) is 50.3. The summed E-state index contributed by atoms with van der Waals surface area (Å²) in [5.41, 5.74) is 0. The van der Waals surface area contributed by atoms with Crippen LogP contribution in [-0.2, 0) is 28.6 Å². The number of hydrogen-bond acceptors (Lipinski definition) is 6. The molecule has 0 aliphatic rings. The minimum absolute atomic E-state index is 0.0748. The van der Waals surface area contributed by atoms with E-state index in [1.807, 2.05) is 0 Å². The standard InChI is InChI=1S/C69H126O6/c1-4-7-10-13-16-19-22-25-27-29-31-32-33-34-35-36-38-39-41-44-47-50-53-56-59-62-68(71)74-65-66(64-73-67(70)61-58-55-52-49-46-43-24-21-18-15-12-9-6-3)75-69(72)63-60-57-54-51-48-45-42-40-37-30-28-26-23-20-17-14-11-8-5-2/h17,20-21,24,26,28-29,31,66H,4-16,18-19,22-23,25,27,30,32-65H2,1-3H3/b20-17-,24-21-,28-26-,31-29-. The van der Waals surface area contributed by atoms with E-state index in [4.69, 9.17) is 14.2 Å². The van der Waals surface area contributed by atoms with E-state index in [1.165, 1.54) is 244 Å². The van der Waals surface area contributed by atoms with Crippen LogP contribution in [0.25, 0.3) is 0 Å². The van der Waals surface area contributed by atoms with Gasteiger partial charge in [0.2, 0.25) is 0 Å². The third-order valence-electron chi connectivity index (χ3n) is 14.8. The van der Waals surface area contributed by atoms with Gasteiger partial charge in [-0.05, 0) is 103 Å². The number of ether oxygens (including phenoxy) is 3. The number of carbonyl (C=O) groups is 3. The van der Waals surface area contributed by atoms with Gasteiger partial charge in [-0.2, -0.15) is 0 Å². The first-order chi connectivity index (χ1) is 37.0. The molecule has 0 saturated carbocycles. The predicted molar refractivity (Wildman–Crippen MR) is 325 cm³/mol. The van der Waals surface area contributed by atoms with E-state index in [2.05, 4.69) is 69.4 Å². The number of hydrogen-bond donors (Lipinski definition) is 0. The average Bonchev–Trinajstić information content (AvgIpc) is 3.41. The highest BCUT2D eigenvalue weighted by atomic mass is 16.6. The van der Waals surface area contributed by atoms with Crippen LogP contribution in [-0.4, -0.2) is 37.2 Å². The Morgan fingerprint density at radius 2 is 0.480 bits per heavy atom. The Morgan fingerprint density at radius 3 is 0.787 bits per heavy atom. The largest absolute Gasteiger partial charge is 0.462 e. The number of unbranched alkanes of at least 4 members (excludes halogenated alkanes) is 42. The Morgan fingerprint density at radius 1 is 0.267 bits per heavy atom. The number of esters is 3. The third-order valence-corrected chi connectivity index (χ3v) is 14.8. The van der Waals surface area contributed by atoms with Gasteiger partial charge in [-0.25, -0.2) is 0 Å². The summed E-state index contributed by atoms with van der Waals surface area (Å²) in [7, 11) is 0. The lowest BCUT2D eigenvalue weighted by molar-refractivity contribution is -0.167. The highest BCUT2D eigenvalue weighted by Gasteiger charge is 2.19. The van der Waals surface area contributed by atoms with E-state index in [-0.39, 0.29) is 31.1 Å². The molecular formula is C69H126O6. The van der Waals surface area contributed by atoms with E-state index in [1.54, 1.807) is 0 Å².